The third-order valence-corrected chi connectivity index (χ3v) is 4.09. The number of hydrogen-bond acceptors (Lipinski definition) is 3. The standard InChI is InChI=1S/C15H31N3O/c1-11(2)14(16)15(19)18(12(3)4)10-13-7-6-8-17(5)9-13/h11-14H,6-10,16H2,1-5H3/t13?,14-/m0/s1. The zero-order valence-electron chi connectivity index (χ0n) is 13.2. The summed E-state index contributed by atoms with van der Waals surface area (Å²) in [4.78, 5) is 16.8. The number of amides is 1. The summed E-state index contributed by atoms with van der Waals surface area (Å²) in [6, 6.07) is -0.145. The largest absolute Gasteiger partial charge is 0.339 e. The molecule has 0 aliphatic carbocycles. The molecule has 112 valence electrons. The SMILES string of the molecule is CC(C)[C@H](N)C(=O)N(CC1CCCN(C)C1)C(C)C. The minimum Gasteiger partial charge on any atom is -0.339 e. The first-order valence-electron chi connectivity index (χ1n) is 7.57. The maximum absolute atomic E-state index is 12.5. The molecule has 0 spiro atoms. The second-order valence-electron chi connectivity index (χ2n) is 6.62. The van der Waals surface area contributed by atoms with Crippen molar-refractivity contribution in [3.63, 3.8) is 0 Å². The number of rotatable bonds is 5. The summed E-state index contributed by atoms with van der Waals surface area (Å²) in [6.07, 6.45) is 2.45. The van der Waals surface area contributed by atoms with Crippen molar-refractivity contribution in [2.75, 3.05) is 26.7 Å². The number of carbonyl (C=O) groups is 1. The fourth-order valence-corrected chi connectivity index (χ4v) is 2.73. The van der Waals surface area contributed by atoms with Crippen LogP contribution in [0, 0.1) is 11.8 Å². The van der Waals surface area contributed by atoms with E-state index in [0.29, 0.717) is 5.92 Å². The van der Waals surface area contributed by atoms with Crippen LogP contribution < -0.4 is 5.73 Å². The lowest BCUT2D eigenvalue weighted by atomic mass is 9.96. The highest BCUT2D eigenvalue weighted by molar-refractivity contribution is 5.82. The van der Waals surface area contributed by atoms with Crippen molar-refractivity contribution in [3.05, 3.63) is 0 Å². The highest BCUT2D eigenvalue weighted by Gasteiger charge is 2.28. The highest BCUT2D eigenvalue weighted by Crippen LogP contribution is 2.18. The first-order chi connectivity index (χ1) is 8.82. The fourth-order valence-electron chi connectivity index (χ4n) is 2.73. The lowest BCUT2D eigenvalue weighted by molar-refractivity contribution is -0.136. The van der Waals surface area contributed by atoms with Gasteiger partial charge >= 0.3 is 0 Å². The Bertz CT molecular complexity index is 291. The summed E-state index contributed by atoms with van der Waals surface area (Å²) in [6.45, 7) is 11.3. The Morgan fingerprint density at radius 1 is 1.37 bits per heavy atom. The third kappa shape index (κ3) is 4.77. The van der Waals surface area contributed by atoms with Crippen molar-refractivity contribution in [2.45, 2.75) is 52.6 Å². The van der Waals surface area contributed by atoms with Gasteiger partial charge in [-0.25, -0.2) is 0 Å². The maximum atomic E-state index is 12.5. The van der Waals surface area contributed by atoms with Crippen LogP contribution >= 0.6 is 0 Å². The fraction of sp³-hybridized carbons (Fsp3) is 0.933. The number of piperidine rings is 1. The van der Waals surface area contributed by atoms with Crippen molar-refractivity contribution in [1.29, 1.82) is 0 Å². The molecule has 4 nitrogen and oxygen atoms in total. The van der Waals surface area contributed by atoms with Crippen molar-refractivity contribution in [1.82, 2.24) is 9.80 Å². The van der Waals surface area contributed by atoms with E-state index in [1.54, 1.807) is 0 Å². The molecule has 1 amide bonds. The number of nitrogens with two attached hydrogens (primary N) is 1. The predicted molar refractivity (Wildman–Crippen MR) is 79.9 cm³/mol. The van der Waals surface area contributed by atoms with Crippen molar-refractivity contribution in [2.24, 2.45) is 17.6 Å². The van der Waals surface area contributed by atoms with Gasteiger partial charge in [0, 0.05) is 19.1 Å². The van der Waals surface area contributed by atoms with Crippen LogP contribution in [0.3, 0.4) is 0 Å². The van der Waals surface area contributed by atoms with Crippen LogP contribution in [0.15, 0.2) is 0 Å². The molecule has 1 aliphatic heterocycles. The minimum atomic E-state index is -0.372. The second-order valence-corrected chi connectivity index (χ2v) is 6.62. The Labute approximate surface area is 118 Å². The molecule has 0 radical (unpaired) electrons. The van der Waals surface area contributed by atoms with Gasteiger partial charge in [0.1, 0.15) is 0 Å². The molecule has 0 saturated carbocycles. The first-order valence-corrected chi connectivity index (χ1v) is 7.57. The van der Waals surface area contributed by atoms with Gasteiger partial charge in [-0.1, -0.05) is 13.8 Å². The van der Waals surface area contributed by atoms with E-state index in [1.807, 2.05) is 18.7 Å². The molecule has 2 N–H and O–H groups in total. The number of likely N-dealkylation sites (tertiary alicyclic amines) is 1. The van der Waals surface area contributed by atoms with Crippen molar-refractivity contribution in [3.8, 4) is 0 Å². The summed E-state index contributed by atoms with van der Waals surface area (Å²) in [5.41, 5.74) is 6.03. The smallest absolute Gasteiger partial charge is 0.239 e. The van der Waals surface area contributed by atoms with Gasteiger partial charge in [0.15, 0.2) is 0 Å². The van der Waals surface area contributed by atoms with E-state index in [4.69, 9.17) is 5.73 Å². The Balaban J connectivity index is 2.64. The molecule has 0 bridgehead atoms. The van der Waals surface area contributed by atoms with Crippen LogP contribution in [0.25, 0.3) is 0 Å². The van der Waals surface area contributed by atoms with Gasteiger partial charge < -0.3 is 15.5 Å². The molecule has 0 aromatic heterocycles. The van der Waals surface area contributed by atoms with Crippen LogP contribution in [-0.4, -0.2) is 54.5 Å². The van der Waals surface area contributed by atoms with Crippen LogP contribution in [0.1, 0.15) is 40.5 Å². The molecular weight excluding hydrogens is 238 g/mol. The Hall–Kier alpha value is -0.610. The molecule has 0 aromatic rings. The summed E-state index contributed by atoms with van der Waals surface area (Å²) < 4.78 is 0. The van der Waals surface area contributed by atoms with Gasteiger partial charge in [0.2, 0.25) is 5.91 Å². The molecule has 0 aromatic carbocycles. The topological polar surface area (TPSA) is 49.6 Å². The maximum Gasteiger partial charge on any atom is 0.239 e. The van der Waals surface area contributed by atoms with E-state index >= 15 is 0 Å². The van der Waals surface area contributed by atoms with Gasteiger partial charge in [0.25, 0.3) is 0 Å². The van der Waals surface area contributed by atoms with Gasteiger partial charge in [-0.15, -0.1) is 0 Å². The highest BCUT2D eigenvalue weighted by atomic mass is 16.2. The molecule has 2 atom stereocenters. The van der Waals surface area contributed by atoms with E-state index in [-0.39, 0.29) is 23.9 Å². The number of nitrogens with zero attached hydrogens (tertiary/aromatic N) is 2. The van der Waals surface area contributed by atoms with E-state index in [2.05, 4.69) is 25.8 Å². The van der Waals surface area contributed by atoms with Crippen LogP contribution in [0.4, 0.5) is 0 Å². The van der Waals surface area contributed by atoms with Crippen LogP contribution in [0.2, 0.25) is 0 Å². The second kappa shape index (κ2) is 7.25. The first kappa shape index (κ1) is 16.4. The van der Waals surface area contributed by atoms with E-state index < -0.39 is 0 Å². The molecule has 4 heteroatoms. The lowest BCUT2D eigenvalue weighted by Gasteiger charge is -2.37. The monoisotopic (exact) mass is 269 g/mol. The minimum absolute atomic E-state index is 0.109. The zero-order chi connectivity index (χ0) is 14.6. The Morgan fingerprint density at radius 2 is 2.00 bits per heavy atom. The Morgan fingerprint density at radius 3 is 2.47 bits per heavy atom. The average molecular weight is 269 g/mol. The molecule has 19 heavy (non-hydrogen) atoms. The summed E-state index contributed by atoms with van der Waals surface area (Å²) in [5.74, 6) is 0.894. The van der Waals surface area contributed by atoms with Gasteiger partial charge in [0.05, 0.1) is 6.04 Å². The predicted octanol–water partition coefficient (Wildman–Crippen LogP) is 1.55. The molecule has 1 heterocycles. The number of carbonyl (C=O) groups excluding carboxylic acids is 1. The summed E-state index contributed by atoms with van der Waals surface area (Å²) >= 11 is 0. The Kier molecular flexibility index (Phi) is 6.27. The van der Waals surface area contributed by atoms with Gasteiger partial charge in [-0.3, -0.25) is 4.79 Å². The van der Waals surface area contributed by atoms with Gasteiger partial charge in [-0.05, 0) is 52.1 Å². The molecule has 1 rings (SSSR count). The van der Waals surface area contributed by atoms with Gasteiger partial charge in [-0.2, -0.15) is 0 Å². The molecular formula is C15H31N3O. The molecule has 1 aliphatic rings. The average Bonchev–Trinajstić information content (AvgIpc) is 2.33. The summed E-state index contributed by atoms with van der Waals surface area (Å²) in [5, 5.41) is 0. The third-order valence-electron chi connectivity index (χ3n) is 4.09. The van der Waals surface area contributed by atoms with Crippen molar-refractivity contribution < 1.29 is 4.79 Å². The summed E-state index contributed by atoms with van der Waals surface area (Å²) in [7, 11) is 2.16. The number of hydrogen-bond donors (Lipinski definition) is 1. The quantitative estimate of drug-likeness (QED) is 0.824. The molecule has 1 fully saturated rings. The van der Waals surface area contributed by atoms with E-state index in [9.17, 15) is 4.79 Å². The van der Waals surface area contributed by atoms with Crippen LogP contribution in [-0.2, 0) is 4.79 Å². The van der Waals surface area contributed by atoms with Crippen molar-refractivity contribution >= 4 is 5.91 Å². The molecule has 1 saturated heterocycles. The van der Waals surface area contributed by atoms with Crippen LogP contribution in [0.5, 0.6) is 0 Å². The lowest BCUT2D eigenvalue weighted by Crippen LogP contribution is -2.52. The van der Waals surface area contributed by atoms with E-state index in [0.717, 1.165) is 13.1 Å². The zero-order valence-corrected chi connectivity index (χ0v) is 13.2. The molecule has 1 unspecified atom stereocenters. The van der Waals surface area contributed by atoms with E-state index in [1.165, 1.54) is 19.4 Å². The normalized spacial score (nSPS) is 22.8.